The number of benzene rings is 3. The molecule has 9 nitrogen and oxygen atoms in total. The summed E-state index contributed by atoms with van der Waals surface area (Å²) in [5.41, 5.74) is 11.0. The molecule has 0 aromatic heterocycles. The van der Waals surface area contributed by atoms with Crippen molar-refractivity contribution in [2.24, 2.45) is 0 Å². The SMILES string of the molecule is CCOC(=O)N(C)c1cc(C(=O)OC)c(NC(=O)OCC2c3ccccc3-c3ccccc32)cc1N. The van der Waals surface area contributed by atoms with E-state index in [1.54, 1.807) is 6.92 Å². The van der Waals surface area contributed by atoms with Crippen molar-refractivity contribution < 1.29 is 28.6 Å². The lowest BCUT2D eigenvalue weighted by atomic mass is 9.98. The summed E-state index contributed by atoms with van der Waals surface area (Å²) in [5.74, 6) is -0.837. The zero-order valence-electron chi connectivity index (χ0n) is 20.2. The molecule has 3 N–H and O–H groups in total. The normalized spacial score (nSPS) is 11.8. The van der Waals surface area contributed by atoms with E-state index in [4.69, 9.17) is 19.9 Å². The van der Waals surface area contributed by atoms with E-state index in [9.17, 15) is 14.4 Å². The van der Waals surface area contributed by atoms with Crippen LogP contribution in [-0.4, -0.2) is 45.5 Å². The van der Waals surface area contributed by atoms with Gasteiger partial charge < -0.3 is 19.9 Å². The maximum atomic E-state index is 12.8. The molecule has 0 aliphatic heterocycles. The summed E-state index contributed by atoms with van der Waals surface area (Å²) >= 11 is 0. The Labute approximate surface area is 208 Å². The van der Waals surface area contributed by atoms with Crippen LogP contribution in [0.25, 0.3) is 11.1 Å². The maximum absolute atomic E-state index is 12.8. The Hall–Kier alpha value is -4.53. The van der Waals surface area contributed by atoms with Gasteiger partial charge in [0.2, 0.25) is 0 Å². The van der Waals surface area contributed by atoms with Crippen LogP contribution in [0.5, 0.6) is 0 Å². The van der Waals surface area contributed by atoms with Crippen LogP contribution in [0.15, 0.2) is 60.7 Å². The van der Waals surface area contributed by atoms with Gasteiger partial charge in [-0.15, -0.1) is 0 Å². The summed E-state index contributed by atoms with van der Waals surface area (Å²) in [6.45, 7) is 1.96. The first-order chi connectivity index (χ1) is 17.3. The number of fused-ring (bicyclic) bond motifs is 3. The lowest BCUT2D eigenvalue weighted by Crippen LogP contribution is -2.28. The van der Waals surface area contributed by atoms with Crippen molar-refractivity contribution in [2.45, 2.75) is 12.8 Å². The van der Waals surface area contributed by atoms with Crippen molar-refractivity contribution >= 4 is 35.2 Å². The first-order valence-corrected chi connectivity index (χ1v) is 11.4. The largest absolute Gasteiger partial charge is 0.465 e. The van der Waals surface area contributed by atoms with Gasteiger partial charge in [0.25, 0.3) is 0 Å². The Morgan fingerprint density at radius 3 is 2.17 bits per heavy atom. The standard InChI is InChI=1S/C27H27N3O6/c1-4-35-27(33)30(2)24-13-20(25(31)34-3)23(14-22(24)28)29-26(32)36-15-21-18-11-7-5-9-16(18)17-10-6-8-12-19(17)21/h5-14,21H,4,15,28H2,1-3H3,(H,29,32). The number of methoxy groups -OCH3 is 1. The van der Waals surface area contributed by atoms with Gasteiger partial charge in [-0.2, -0.15) is 0 Å². The van der Waals surface area contributed by atoms with Gasteiger partial charge in [0.1, 0.15) is 6.61 Å². The molecule has 0 unspecified atom stereocenters. The van der Waals surface area contributed by atoms with E-state index in [2.05, 4.69) is 17.4 Å². The van der Waals surface area contributed by atoms with Crippen molar-refractivity contribution in [3.05, 3.63) is 77.4 Å². The number of nitrogens with zero attached hydrogens (tertiary/aromatic N) is 1. The Bertz CT molecular complexity index is 1280. The molecule has 0 radical (unpaired) electrons. The number of nitrogen functional groups attached to an aromatic ring is 1. The van der Waals surface area contributed by atoms with Crippen LogP contribution < -0.4 is 16.0 Å². The van der Waals surface area contributed by atoms with Crippen LogP contribution >= 0.6 is 0 Å². The number of hydrogen-bond acceptors (Lipinski definition) is 7. The predicted molar refractivity (Wildman–Crippen MR) is 136 cm³/mol. The fraction of sp³-hybridized carbons (Fsp3) is 0.222. The maximum Gasteiger partial charge on any atom is 0.414 e. The lowest BCUT2D eigenvalue weighted by molar-refractivity contribution is 0.0602. The highest BCUT2D eigenvalue weighted by atomic mass is 16.6. The fourth-order valence-corrected chi connectivity index (χ4v) is 4.34. The van der Waals surface area contributed by atoms with Crippen LogP contribution in [0.1, 0.15) is 34.3 Å². The van der Waals surface area contributed by atoms with Gasteiger partial charge in [-0.25, -0.2) is 14.4 Å². The van der Waals surface area contributed by atoms with Crippen LogP contribution in [0.2, 0.25) is 0 Å². The van der Waals surface area contributed by atoms with E-state index in [1.165, 1.54) is 31.2 Å². The summed E-state index contributed by atoms with van der Waals surface area (Å²) in [4.78, 5) is 38.5. The molecule has 0 fully saturated rings. The van der Waals surface area contributed by atoms with Gasteiger partial charge in [-0.1, -0.05) is 48.5 Å². The zero-order valence-corrected chi connectivity index (χ0v) is 20.2. The molecule has 4 rings (SSSR count). The van der Waals surface area contributed by atoms with Gasteiger partial charge in [0, 0.05) is 13.0 Å². The minimum absolute atomic E-state index is 0.00589. The van der Waals surface area contributed by atoms with Gasteiger partial charge in [-0.3, -0.25) is 10.2 Å². The molecule has 0 spiro atoms. The highest BCUT2D eigenvalue weighted by molar-refractivity contribution is 6.04. The number of amides is 2. The van der Waals surface area contributed by atoms with Gasteiger partial charge in [0.15, 0.2) is 0 Å². The third kappa shape index (κ3) is 4.68. The first-order valence-electron chi connectivity index (χ1n) is 11.4. The minimum atomic E-state index is -0.757. The van der Waals surface area contributed by atoms with Gasteiger partial charge in [0.05, 0.1) is 36.3 Å². The Balaban J connectivity index is 1.54. The molecule has 0 saturated carbocycles. The Morgan fingerprint density at radius 1 is 0.972 bits per heavy atom. The van der Waals surface area contributed by atoms with Gasteiger partial charge >= 0.3 is 18.2 Å². The molecule has 0 saturated heterocycles. The van der Waals surface area contributed by atoms with E-state index in [-0.39, 0.29) is 41.8 Å². The third-order valence-electron chi connectivity index (χ3n) is 6.06. The smallest absolute Gasteiger partial charge is 0.414 e. The van der Waals surface area contributed by atoms with Crippen LogP contribution in [0.3, 0.4) is 0 Å². The number of hydrogen-bond donors (Lipinski definition) is 2. The average molecular weight is 490 g/mol. The van der Waals surface area contributed by atoms with E-state index in [0.717, 1.165) is 22.3 Å². The van der Waals surface area contributed by atoms with Gasteiger partial charge in [-0.05, 0) is 41.3 Å². The number of anilines is 3. The van der Waals surface area contributed by atoms with Crippen LogP contribution in [0.4, 0.5) is 26.7 Å². The number of esters is 1. The number of carbonyl (C=O) groups excluding carboxylic acids is 3. The highest BCUT2D eigenvalue weighted by Gasteiger charge is 2.29. The summed E-state index contributed by atoms with van der Waals surface area (Å²) in [7, 11) is 2.67. The molecule has 3 aromatic rings. The molecular formula is C27H27N3O6. The molecule has 3 aromatic carbocycles. The lowest BCUT2D eigenvalue weighted by Gasteiger charge is -2.21. The summed E-state index contributed by atoms with van der Waals surface area (Å²) in [5, 5.41) is 2.58. The van der Waals surface area contributed by atoms with E-state index >= 15 is 0 Å². The zero-order chi connectivity index (χ0) is 25.8. The molecular weight excluding hydrogens is 462 g/mol. The molecule has 1 aliphatic carbocycles. The number of nitrogens with one attached hydrogen (secondary N) is 1. The third-order valence-corrected chi connectivity index (χ3v) is 6.06. The first kappa shape index (κ1) is 24.6. The number of ether oxygens (including phenoxy) is 3. The number of nitrogens with two attached hydrogens (primary N) is 1. The molecule has 1 aliphatic rings. The number of carbonyl (C=O) groups is 3. The Kier molecular flexibility index (Phi) is 7.10. The second-order valence-electron chi connectivity index (χ2n) is 8.16. The second-order valence-corrected chi connectivity index (χ2v) is 8.16. The molecule has 0 atom stereocenters. The summed E-state index contributed by atoms with van der Waals surface area (Å²) in [6.07, 6.45) is -1.40. The summed E-state index contributed by atoms with van der Waals surface area (Å²) in [6, 6.07) is 18.8. The van der Waals surface area contributed by atoms with Crippen molar-refractivity contribution in [1.29, 1.82) is 0 Å². The number of rotatable bonds is 6. The minimum Gasteiger partial charge on any atom is -0.465 e. The summed E-state index contributed by atoms with van der Waals surface area (Å²) < 4.78 is 15.4. The molecule has 0 bridgehead atoms. The molecule has 2 amide bonds. The monoisotopic (exact) mass is 489 g/mol. The molecule has 36 heavy (non-hydrogen) atoms. The van der Waals surface area contributed by atoms with Crippen LogP contribution in [-0.2, 0) is 14.2 Å². The van der Waals surface area contributed by atoms with E-state index < -0.39 is 18.2 Å². The van der Waals surface area contributed by atoms with Crippen LogP contribution in [0, 0.1) is 0 Å². The topological polar surface area (TPSA) is 120 Å². The molecule has 9 heteroatoms. The van der Waals surface area contributed by atoms with Crippen molar-refractivity contribution in [3.63, 3.8) is 0 Å². The second kappa shape index (κ2) is 10.4. The quantitative estimate of drug-likeness (QED) is 0.284. The van der Waals surface area contributed by atoms with E-state index in [0.29, 0.717) is 0 Å². The molecule has 0 heterocycles. The van der Waals surface area contributed by atoms with E-state index in [1.807, 2.05) is 36.4 Å². The van der Waals surface area contributed by atoms with Crippen molar-refractivity contribution in [2.75, 3.05) is 43.3 Å². The fourth-order valence-electron chi connectivity index (χ4n) is 4.34. The van der Waals surface area contributed by atoms with Crippen molar-refractivity contribution in [3.8, 4) is 11.1 Å². The Morgan fingerprint density at radius 2 is 1.58 bits per heavy atom. The van der Waals surface area contributed by atoms with Crippen molar-refractivity contribution in [1.82, 2.24) is 0 Å². The average Bonchev–Trinajstić information content (AvgIpc) is 3.20. The highest BCUT2D eigenvalue weighted by Crippen LogP contribution is 2.44. The molecule has 186 valence electrons. The predicted octanol–water partition coefficient (Wildman–Crippen LogP) is 5.01.